The van der Waals surface area contributed by atoms with Crippen molar-refractivity contribution in [3.8, 4) is 22.3 Å². The van der Waals surface area contributed by atoms with Gasteiger partial charge in [0.2, 0.25) is 11.6 Å². The molecule has 0 unspecified atom stereocenters. The number of hydrogen-bond acceptors (Lipinski definition) is 18. The third-order valence-corrected chi connectivity index (χ3v) is 35.8. The molecule has 2 amide bonds. The number of ketones is 2. The van der Waals surface area contributed by atoms with Crippen LogP contribution in [0.3, 0.4) is 0 Å². The van der Waals surface area contributed by atoms with Gasteiger partial charge in [0.1, 0.15) is 0 Å². The third kappa shape index (κ3) is 16.2. The number of halogens is 4. The lowest BCUT2D eigenvalue weighted by molar-refractivity contribution is -0.153. The molecule has 8 heterocycles. The first-order valence-corrected chi connectivity index (χ1v) is 48.4. The molecule has 8 fully saturated rings. The Kier molecular flexibility index (Phi) is 24.1. The van der Waals surface area contributed by atoms with Crippen LogP contribution < -0.4 is 10.6 Å². The lowest BCUT2D eigenvalue weighted by atomic mass is 9.80. The molecule has 8 bridgehead atoms. The molecule has 0 atom stereocenters. The highest BCUT2D eigenvalue weighted by Gasteiger charge is 2.62. The number of rotatable bonds is 28. The number of anilines is 2. The predicted molar refractivity (Wildman–Crippen MR) is 494 cm³/mol. The Labute approximate surface area is 778 Å². The Morgan fingerprint density at radius 3 is 0.908 bits per heavy atom. The molecule has 0 spiro atoms. The topological polar surface area (TPSA) is 304 Å². The number of carboxylic acid groups (broad SMARTS) is 2. The van der Waals surface area contributed by atoms with Crippen LogP contribution in [0.2, 0.25) is 20.1 Å². The van der Waals surface area contributed by atoms with Crippen molar-refractivity contribution in [2.24, 2.45) is 71.5 Å². The monoisotopic (exact) mass is 1850 g/mol. The van der Waals surface area contributed by atoms with Gasteiger partial charge in [-0.15, -0.1) is 0 Å². The van der Waals surface area contributed by atoms with Gasteiger partial charge in [-0.2, -0.15) is 0 Å². The van der Waals surface area contributed by atoms with Crippen molar-refractivity contribution < 1.29 is 58.0 Å². The second kappa shape index (κ2) is 34.7. The van der Waals surface area contributed by atoms with Crippen LogP contribution in [0.25, 0.3) is 22.3 Å². The van der Waals surface area contributed by atoms with Gasteiger partial charge in [-0.25, -0.2) is 19.9 Å². The number of esters is 2. The molecular weight excluding hydrogens is 1730 g/mol. The standard InChI is InChI=1S/C51H61Cl2N7O6.C49H57Cl2N7O6/c1-57-38-11-23-59(25-21-48-13-17-50(30-48,18-14-48)46(63)65-3)28-36(38)54-43(57)40(61)27-32-7-5-8-33(41(32)52)34-9-6-10-35(42(34)53)56-45(62)44-55-37-29-60(24-12-39(37)58(44)2)26-22-49-15-19-51(31-49,20-16-49)47(64)66-4;1-55-36-9-21-57(23-19-46-11-15-48(28-46,16-12-46)44(61)62)26-34(36)52-41(55)38(59)25-30-5-3-6-31(39(30)50)32-7-4-8-33(40(32)51)54-43(60)42-53-35-27-58(22-10-37(35)56(42)2)24-20-47-13-17-49(29-47,18-14-47)45(63)64/h5-10H,11-31H2,1-4H3,(H,56,62);3-8H,9-29H2,1-2H3,(H,54,60)(H,61,62)(H,63,64). The first-order chi connectivity index (χ1) is 62.3. The summed E-state index contributed by atoms with van der Waals surface area (Å²) in [6, 6.07) is 22.0. The normalized spacial score (nSPS) is 26.9. The number of fused-ring (bicyclic) bond motifs is 12. The maximum absolute atomic E-state index is 14.0. The number of aliphatic carboxylic acids is 2. The van der Waals surface area contributed by atoms with E-state index in [0.29, 0.717) is 114 Å². The fourth-order valence-electron chi connectivity index (χ4n) is 26.2. The zero-order chi connectivity index (χ0) is 90.9. The molecule has 4 aromatic carbocycles. The molecule has 130 heavy (non-hydrogen) atoms. The number of ether oxygens (including phenoxy) is 2. The van der Waals surface area contributed by atoms with Gasteiger partial charge in [-0.1, -0.05) is 107 Å². The van der Waals surface area contributed by atoms with Crippen molar-refractivity contribution in [2.45, 2.75) is 219 Å². The number of hydrogen-bond donors (Lipinski definition) is 4. The van der Waals surface area contributed by atoms with Crippen LogP contribution in [-0.2, 0) is 122 Å². The summed E-state index contributed by atoms with van der Waals surface area (Å²) in [6.07, 6.45) is 26.0. The molecule has 688 valence electrons. The van der Waals surface area contributed by atoms with Gasteiger partial charge in [-0.05, 0) is 225 Å². The predicted octanol–water partition coefficient (Wildman–Crippen LogP) is 16.9. The van der Waals surface area contributed by atoms with E-state index < -0.39 is 22.8 Å². The third-order valence-electron chi connectivity index (χ3n) is 34.1. The van der Waals surface area contributed by atoms with E-state index in [9.17, 15) is 48.6 Å². The number of nitrogens with one attached hydrogen (secondary N) is 2. The van der Waals surface area contributed by atoms with Gasteiger partial charge < -0.3 is 48.6 Å². The van der Waals surface area contributed by atoms with Crippen LogP contribution in [0.4, 0.5) is 11.4 Å². The number of carbonyl (C=O) groups is 8. The molecule has 20 rings (SSSR count). The van der Waals surface area contributed by atoms with Crippen molar-refractivity contribution in [1.82, 2.24) is 57.8 Å². The molecule has 8 aromatic rings. The lowest BCUT2D eigenvalue weighted by Gasteiger charge is -2.32. The summed E-state index contributed by atoms with van der Waals surface area (Å²) in [7, 11) is 10.6. The number of methoxy groups -OCH3 is 2. The maximum atomic E-state index is 14.0. The number of carboxylic acids is 2. The van der Waals surface area contributed by atoms with Crippen molar-refractivity contribution in [3.63, 3.8) is 0 Å². The number of benzene rings is 4. The van der Waals surface area contributed by atoms with Gasteiger partial charge in [0.25, 0.3) is 11.8 Å². The van der Waals surface area contributed by atoms with Gasteiger partial charge in [0.15, 0.2) is 23.3 Å². The van der Waals surface area contributed by atoms with Crippen molar-refractivity contribution in [1.29, 1.82) is 0 Å². The molecule has 4 aliphatic heterocycles. The molecule has 8 saturated carbocycles. The summed E-state index contributed by atoms with van der Waals surface area (Å²) < 4.78 is 18.0. The van der Waals surface area contributed by atoms with Crippen LogP contribution in [0.5, 0.6) is 0 Å². The Balaban J connectivity index is 0.000000169. The fourth-order valence-corrected chi connectivity index (χ4v) is 27.3. The lowest BCUT2D eigenvalue weighted by Crippen LogP contribution is -2.34. The number of nitrogens with zero attached hydrogens (tertiary/aromatic N) is 12. The Hall–Kier alpha value is -9.12. The molecule has 0 radical (unpaired) electrons. The second-order valence-electron chi connectivity index (χ2n) is 41.1. The Morgan fingerprint density at radius 1 is 0.362 bits per heavy atom. The van der Waals surface area contributed by atoms with E-state index in [2.05, 4.69) is 30.2 Å². The summed E-state index contributed by atoms with van der Waals surface area (Å²) in [4.78, 5) is 134. The van der Waals surface area contributed by atoms with Crippen molar-refractivity contribution in [3.05, 3.63) is 173 Å². The van der Waals surface area contributed by atoms with E-state index >= 15 is 0 Å². The first kappa shape index (κ1) is 90.1. The van der Waals surface area contributed by atoms with Gasteiger partial charge in [0, 0.05) is 164 Å². The van der Waals surface area contributed by atoms with E-state index in [-0.39, 0.29) is 80.7 Å². The maximum Gasteiger partial charge on any atom is 0.311 e. The Morgan fingerprint density at radius 2 is 0.623 bits per heavy atom. The van der Waals surface area contributed by atoms with Gasteiger partial charge in [0.05, 0.1) is 90.1 Å². The zero-order valence-electron chi connectivity index (χ0n) is 75.5. The number of imidazole rings is 4. The van der Waals surface area contributed by atoms with Crippen molar-refractivity contribution >= 4 is 105 Å². The van der Waals surface area contributed by atoms with Crippen LogP contribution in [0.1, 0.15) is 253 Å². The molecular formula is C100H118Cl4N14O12. The number of carbonyl (C=O) groups excluding carboxylic acids is 6. The van der Waals surface area contributed by atoms with E-state index in [1.807, 2.05) is 107 Å². The smallest absolute Gasteiger partial charge is 0.311 e. The summed E-state index contributed by atoms with van der Waals surface area (Å²) in [6.45, 7) is 9.86. The highest BCUT2D eigenvalue weighted by atomic mass is 35.5. The Bertz CT molecular complexity index is 5550. The molecule has 12 aliphatic rings. The number of amides is 2. The zero-order valence-corrected chi connectivity index (χ0v) is 78.5. The summed E-state index contributed by atoms with van der Waals surface area (Å²) in [5, 5.41) is 27.2. The summed E-state index contributed by atoms with van der Waals surface area (Å²) >= 11 is 28.3. The fraction of sp³-hybridized carbons (Fsp3) is 0.560. The van der Waals surface area contributed by atoms with E-state index in [4.69, 9.17) is 75.8 Å². The van der Waals surface area contributed by atoms with Crippen LogP contribution >= 0.6 is 46.4 Å². The average Bonchev–Trinajstić information content (AvgIpc) is 1.59. The highest BCUT2D eigenvalue weighted by Crippen LogP contribution is 2.67. The average molecular weight is 1850 g/mol. The molecule has 26 nitrogen and oxygen atoms in total. The second-order valence-corrected chi connectivity index (χ2v) is 42.6. The SMILES string of the molecule is COC(=O)C12CCC(CCN3CCc4c(nc(C(=O)Cc5cccc(-c6cccc(NC(=O)c7nc8c(n7C)CCN(CCC79CCC(C(=O)OC)(CC7)C9)C8)c6Cl)c5Cl)n4C)C3)(CC1)C2.Cn1c(C(=O)Cc2cccc(-c3cccc(NC(=O)c4nc5c(n4C)CCN(CCC46CCC(C(=O)O)(CC4)C6)C5)c3Cl)c2Cl)nc2c1CCN(CCC13CCC(C(=O)O)(CC1)C3)C2. The first-order valence-electron chi connectivity index (χ1n) is 46.8. The molecule has 4 aromatic heterocycles. The van der Waals surface area contributed by atoms with Gasteiger partial charge in [-0.3, -0.25) is 58.0 Å². The molecule has 8 aliphatic carbocycles. The van der Waals surface area contributed by atoms with Gasteiger partial charge >= 0.3 is 23.9 Å². The summed E-state index contributed by atoms with van der Waals surface area (Å²) in [5.74, 6) is -0.853. The van der Waals surface area contributed by atoms with Crippen molar-refractivity contribution in [2.75, 3.05) is 77.2 Å². The van der Waals surface area contributed by atoms with E-state index in [1.54, 1.807) is 12.1 Å². The quantitative estimate of drug-likeness (QED) is 0.0262. The molecule has 0 saturated heterocycles. The van der Waals surface area contributed by atoms with E-state index in [0.717, 1.165) is 278 Å². The minimum Gasteiger partial charge on any atom is -0.481 e. The minimum absolute atomic E-state index is 0.0368. The van der Waals surface area contributed by atoms with Crippen LogP contribution in [0.15, 0.2) is 72.8 Å². The van der Waals surface area contributed by atoms with Crippen LogP contribution in [-0.4, -0.2) is 182 Å². The number of Topliss-reactive ketones (excluding diaryl/α,β-unsaturated/α-hetero) is 2. The minimum atomic E-state index is -0.630. The molecule has 4 N–H and O–H groups in total. The number of aromatic nitrogens is 8. The van der Waals surface area contributed by atoms with Crippen LogP contribution in [0, 0.1) is 43.3 Å². The summed E-state index contributed by atoms with van der Waals surface area (Å²) in [5.41, 5.74) is 11.7. The van der Waals surface area contributed by atoms with E-state index in [1.165, 1.54) is 14.2 Å². The highest BCUT2D eigenvalue weighted by molar-refractivity contribution is 6.40. The molecule has 30 heteroatoms. The largest absolute Gasteiger partial charge is 0.481 e.